The lowest BCUT2D eigenvalue weighted by Crippen LogP contribution is -2.46. The summed E-state index contributed by atoms with van der Waals surface area (Å²) in [5, 5.41) is 7.38. The number of hydrogen-bond donors (Lipinski definition) is 0. The average molecular weight is 335 g/mol. The van der Waals surface area contributed by atoms with Gasteiger partial charge in [-0.1, -0.05) is 19.0 Å². The van der Waals surface area contributed by atoms with E-state index in [1.54, 1.807) is 11.3 Å². The summed E-state index contributed by atoms with van der Waals surface area (Å²) in [5.74, 6) is 1.83. The third kappa shape index (κ3) is 3.97. The van der Waals surface area contributed by atoms with Crippen LogP contribution in [0.2, 0.25) is 0 Å². The van der Waals surface area contributed by atoms with Crippen molar-refractivity contribution >= 4 is 11.3 Å². The molecule has 0 aliphatic carbocycles. The molecule has 0 N–H and O–H groups in total. The number of nitrogens with zero attached hydrogens (tertiary/aromatic N) is 5. The molecule has 1 aliphatic heterocycles. The smallest absolute Gasteiger partial charge is 0.243 e. The largest absolute Gasteiger partial charge is 0.338 e. The van der Waals surface area contributed by atoms with Crippen molar-refractivity contribution in [3.05, 3.63) is 27.8 Å². The molecule has 1 saturated heterocycles. The molecule has 6 nitrogen and oxygen atoms in total. The first-order valence-corrected chi connectivity index (χ1v) is 9.12. The molecule has 7 heteroatoms. The van der Waals surface area contributed by atoms with Crippen LogP contribution >= 0.6 is 11.3 Å². The van der Waals surface area contributed by atoms with Gasteiger partial charge in [-0.15, -0.1) is 11.3 Å². The van der Waals surface area contributed by atoms with Gasteiger partial charge in [0.05, 0.1) is 16.7 Å². The molecule has 3 heterocycles. The fourth-order valence-corrected chi connectivity index (χ4v) is 3.43. The topological polar surface area (TPSA) is 58.3 Å². The van der Waals surface area contributed by atoms with Crippen LogP contribution in [0, 0.1) is 6.92 Å². The predicted octanol–water partition coefficient (Wildman–Crippen LogP) is 2.84. The van der Waals surface area contributed by atoms with E-state index in [4.69, 9.17) is 4.52 Å². The Bertz CT molecular complexity index is 630. The van der Waals surface area contributed by atoms with Crippen LogP contribution in [0.1, 0.15) is 55.1 Å². The van der Waals surface area contributed by atoms with Crippen molar-refractivity contribution in [2.24, 2.45) is 0 Å². The number of thiazole rings is 1. The molecule has 2 aromatic heterocycles. The lowest BCUT2D eigenvalue weighted by Gasteiger charge is -2.36. The zero-order valence-electron chi connectivity index (χ0n) is 14.3. The van der Waals surface area contributed by atoms with Gasteiger partial charge in [0.1, 0.15) is 0 Å². The van der Waals surface area contributed by atoms with Gasteiger partial charge in [-0.2, -0.15) is 4.98 Å². The second kappa shape index (κ2) is 7.07. The molecule has 0 unspecified atom stereocenters. The van der Waals surface area contributed by atoms with Gasteiger partial charge >= 0.3 is 0 Å². The summed E-state index contributed by atoms with van der Waals surface area (Å²) in [6.07, 6.45) is 0. The maximum Gasteiger partial charge on any atom is 0.243 e. The molecular formula is C16H25N5OS. The van der Waals surface area contributed by atoms with E-state index in [2.05, 4.69) is 58.0 Å². The molecule has 1 aliphatic rings. The molecule has 0 amide bonds. The number of piperazine rings is 1. The molecule has 3 rings (SSSR count). The highest BCUT2D eigenvalue weighted by atomic mass is 32.1. The van der Waals surface area contributed by atoms with Gasteiger partial charge in [0, 0.05) is 44.0 Å². The van der Waals surface area contributed by atoms with Gasteiger partial charge in [-0.25, -0.2) is 4.98 Å². The number of hydrogen-bond acceptors (Lipinski definition) is 7. The second-order valence-corrected chi connectivity index (χ2v) is 7.55. The summed E-state index contributed by atoms with van der Waals surface area (Å²) < 4.78 is 5.44. The lowest BCUT2D eigenvalue weighted by atomic mass is 10.2. The van der Waals surface area contributed by atoms with Crippen LogP contribution < -0.4 is 0 Å². The summed E-state index contributed by atoms with van der Waals surface area (Å²) in [6.45, 7) is 13.5. The van der Waals surface area contributed by atoms with Gasteiger partial charge in [0.25, 0.3) is 0 Å². The molecule has 126 valence electrons. The van der Waals surface area contributed by atoms with Crippen LogP contribution in [0.3, 0.4) is 0 Å². The molecule has 0 saturated carbocycles. The third-order valence-electron chi connectivity index (χ3n) is 4.34. The first-order chi connectivity index (χ1) is 11.0. The maximum absolute atomic E-state index is 5.44. The minimum atomic E-state index is 0.179. The Hall–Kier alpha value is -1.31. The molecule has 2 aromatic rings. The molecule has 0 radical (unpaired) electrons. The number of rotatable bonds is 5. The summed E-state index contributed by atoms with van der Waals surface area (Å²) in [7, 11) is 0. The van der Waals surface area contributed by atoms with Gasteiger partial charge in [-0.3, -0.25) is 9.80 Å². The molecule has 23 heavy (non-hydrogen) atoms. The van der Waals surface area contributed by atoms with Crippen molar-refractivity contribution in [2.45, 2.75) is 46.2 Å². The minimum Gasteiger partial charge on any atom is -0.338 e. The first kappa shape index (κ1) is 16.5. The third-order valence-corrected chi connectivity index (χ3v) is 5.16. The second-order valence-electron chi connectivity index (χ2n) is 6.49. The summed E-state index contributed by atoms with van der Waals surface area (Å²) in [4.78, 5) is 14.0. The first-order valence-electron chi connectivity index (χ1n) is 8.24. The maximum atomic E-state index is 5.44. The van der Waals surface area contributed by atoms with Crippen LogP contribution in [0.15, 0.2) is 9.90 Å². The molecule has 1 atom stereocenters. The Morgan fingerprint density at radius 3 is 2.48 bits per heavy atom. The van der Waals surface area contributed by atoms with Gasteiger partial charge in [0.2, 0.25) is 5.89 Å². The molecule has 1 fully saturated rings. The fourth-order valence-electron chi connectivity index (χ4n) is 2.83. The van der Waals surface area contributed by atoms with Crippen LogP contribution in [0.4, 0.5) is 0 Å². The van der Waals surface area contributed by atoms with E-state index in [0.717, 1.165) is 49.4 Å². The van der Waals surface area contributed by atoms with Crippen molar-refractivity contribution in [3.63, 3.8) is 0 Å². The molecular weight excluding hydrogens is 310 g/mol. The van der Waals surface area contributed by atoms with E-state index in [1.165, 1.54) is 5.69 Å². The Kier molecular flexibility index (Phi) is 5.08. The quantitative estimate of drug-likeness (QED) is 0.837. The van der Waals surface area contributed by atoms with E-state index in [1.807, 2.05) is 0 Å². The van der Waals surface area contributed by atoms with E-state index in [-0.39, 0.29) is 6.04 Å². The monoisotopic (exact) mass is 335 g/mol. The normalized spacial score (nSPS) is 18.7. The highest BCUT2D eigenvalue weighted by Crippen LogP contribution is 2.22. The van der Waals surface area contributed by atoms with Gasteiger partial charge < -0.3 is 4.52 Å². The van der Waals surface area contributed by atoms with Gasteiger partial charge in [-0.05, 0) is 13.8 Å². The Morgan fingerprint density at radius 2 is 1.91 bits per heavy atom. The Morgan fingerprint density at radius 1 is 1.17 bits per heavy atom. The summed E-state index contributed by atoms with van der Waals surface area (Å²) >= 11 is 1.72. The van der Waals surface area contributed by atoms with Crippen molar-refractivity contribution < 1.29 is 4.52 Å². The summed E-state index contributed by atoms with van der Waals surface area (Å²) in [6, 6.07) is 0.179. The predicted molar refractivity (Wildman–Crippen MR) is 90.5 cm³/mol. The standard InChI is InChI=1S/C16H25N5OS/c1-11(2)15-18-16(22-19-15)12(3)21-7-5-20(6-8-21)9-14-10-23-13(4)17-14/h10-12H,5-9H2,1-4H3/t12-/m1/s1. The van der Waals surface area contributed by atoms with E-state index in [0.29, 0.717) is 5.92 Å². The van der Waals surface area contributed by atoms with E-state index < -0.39 is 0 Å². The zero-order chi connectivity index (χ0) is 16.4. The van der Waals surface area contributed by atoms with Gasteiger partial charge in [0.15, 0.2) is 5.82 Å². The SMILES string of the molecule is Cc1nc(CN2CCN([C@H](C)c3nc(C(C)C)no3)CC2)cs1. The highest BCUT2D eigenvalue weighted by Gasteiger charge is 2.26. The summed E-state index contributed by atoms with van der Waals surface area (Å²) in [5.41, 5.74) is 1.19. The average Bonchev–Trinajstić information content (AvgIpc) is 3.17. The van der Waals surface area contributed by atoms with Crippen LogP contribution in [0.5, 0.6) is 0 Å². The molecule has 0 aromatic carbocycles. The Labute approximate surface area is 141 Å². The molecule has 0 bridgehead atoms. The zero-order valence-corrected chi connectivity index (χ0v) is 15.1. The number of aromatic nitrogens is 3. The van der Waals surface area contributed by atoms with Crippen molar-refractivity contribution in [2.75, 3.05) is 26.2 Å². The highest BCUT2D eigenvalue weighted by molar-refractivity contribution is 7.09. The van der Waals surface area contributed by atoms with Crippen LogP contribution in [-0.4, -0.2) is 51.1 Å². The van der Waals surface area contributed by atoms with Crippen LogP contribution in [0.25, 0.3) is 0 Å². The fraction of sp³-hybridized carbons (Fsp3) is 0.688. The van der Waals surface area contributed by atoms with E-state index >= 15 is 0 Å². The van der Waals surface area contributed by atoms with E-state index in [9.17, 15) is 0 Å². The molecule has 0 spiro atoms. The number of aryl methyl sites for hydroxylation is 1. The Balaban J connectivity index is 1.53. The van der Waals surface area contributed by atoms with Crippen molar-refractivity contribution in [1.82, 2.24) is 24.9 Å². The minimum absolute atomic E-state index is 0.179. The van der Waals surface area contributed by atoms with Crippen LogP contribution in [-0.2, 0) is 6.54 Å². The van der Waals surface area contributed by atoms with Crippen molar-refractivity contribution in [1.29, 1.82) is 0 Å². The van der Waals surface area contributed by atoms with Crippen molar-refractivity contribution in [3.8, 4) is 0 Å². The lowest BCUT2D eigenvalue weighted by molar-refractivity contribution is 0.0839.